The van der Waals surface area contributed by atoms with Crippen molar-refractivity contribution in [3.63, 3.8) is 0 Å². The lowest BCUT2D eigenvalue weighted by atomic mass is 9.85. The Hall–Kier alpha value is -2.89. The van der Waals surface area contributed by atoms with Crippen LogP contribution in [0.3, 0.4) is 0 Å². The molecule has 0 amide bonds. The number of methoxy groups -OCH3 is 1. The van der Waals surface area contributed by atoms with Gasteiger partial charge in [0, 0.05) is 44.9 Å². The first kappa shape index (κ1) is 27.3. The van der Waals surface area contributed by atoms with Gasteiger partial charge in [-0.2, -0.15) is 9.97 Å². The Kier molecular flexibility index (Phi) is 8.40. The molecule has 1 N–H and O–H groups in total. The molecular weight excluding hydrogens is 516 g/mol. The summed E-state index contributed by atoms with van der Waals surface area (Å²) >= 11 is 0. The lowest BCUT2D eigenvalue weighted by Crippen LogP contribution is -2.43. The molecule has 40 heavy (non-hydrogen) atoms. The Morgan fingerprint density at radius 2 is 1.77 bits per heavy atom. The Balaban J connectivity index is 1.21. The molecule has 11 heteroatoms. The Labute approximate surface area is 233 Å². The van der Waals surface area contributed by atoms with Crippen molar-refractivity contribution < 1.29 is 18.3 Å². The van der Waals surface area contributed by atoms with E-state index in [0.29, 0.717) is 72.9 Å². The third-order valence-corrected chi connectivity index (χ3v) is 8.66. The number of imidazole rings is 1. The molecule has 1 aliphatic carbocycles. The summed E-state index contributed by atoms with van der Waals surface area (Å²) in [7, 11) is 1.80. The molecule has 1 saturated carbocycles. The van der Waals surface area contributed by atoms with Gasteiger partial charge in [0.25, 0.3) is 6.43 Å². The van der Waals surface area contributed by atoms with E-state index in [4.69, 9.17) is 19.4 Å². The molecule has 4 heterocycles. The van der Waals surface area contributed by atoms with Crippen molar-refractivity contribution in [3.8, 4) is 5.82 Å². The van der Waals surface area contributed by atoms with Crippen molar-refractivity contribution in [2.45, 2.75) is 57.0 Å². The smallest absolute Gasteiger partial charge is 0.296 e. The number of hydrogen-bond acceptors (Lipinski definition) is 8. The lowest BCUT2D eigenvalue weighted by Gasteiger charge is -2.37. The van der Waals surface area contributed by atoms with Gasteiger partial charge in [-0.1, -0.05) is 12.1 Å². The maximum absolute atomic E-state index is 14.1. The molecule has 1 aromatic carbocycles. The van der Waals surface area contributed by atoms with Crippen molar-refractivity contribution in [2.24, 2.45) is 5.92 Å². The standard InChI is InChI=1S/C29H39F2N7O2/c1-39-19-22-5-4-12-37(22)21-10-8-20(9-11-21)18-32-29-34-25(36-13-15-40-16-14-36)17-26(35-29)38-24-7-3-2-6-23(24)33-28(38)27(30)31/h2-3,6-7,17,20-22,27H,4-5,8-16,18-19H2,1H3,(H,32,34,35)/t20?,21?,22-/m0/s1. The zero-order valence-electron chi connectivity index (χ0n) is 23.1. The number of morpholine rings is 1. The molecule has 0 unspecified atom stereocenters. The predicted molar refractivity (Wildman–Crippen MR) is 150 cm³/mol. The molecule has 0 spiro atoms. The number of para-hydroxylation sites is 2. The van der Waals surface area contributed by atoms with Crippen LogP contribution in [0.5, 0.6) is 0 Å². The van der Waals surface area contributed by atoms with Crippen LogP contribution in [0.1, 0.15) is 50.8 Å². The second kappa shape index (κ2) is 12.3. The molecule has 3 aromatic rings. The maximum atomic E-state index is 14.1. The topological polar surface area (TPSA) is 80.6 Å². The Morgan fingerprint density at radius 3 is 2.55 bits per heavy atom. The molecule has 2 aliphatic heterocycles. The number of benzene rings is 1. The first-order valence-corrected chi connectivity index (χ1v) is 14.6. The Bertz CT molecular complexity index is 1270. The lowest BCUT2D eigenvalue weighted by molar-refractivity contribution is 0.0688. The minimum absolute atomic E-state index is 0.314. The molecule has 9 nitrogen and oxygen atoms in total. The largest absolute Gasteiger partial charge is 0.383 e. The summed E-state index contributed by atoms with van der Waals surface area (Å²) in [5.41, 5.74) is 1.11. The summed E-state index contributed by atoms with van der Waals surface area (Å²) in [5, 5.41) is 3.47. The van der Waals surface area contributed by atoms with Crippen LogP contribution in [-0.2, 0) is 9.47 Å². The number of fused-ring (bicyclic) bond motifs is 1. The molecule has 0 bridgehead atoms. The van der Waals surface area contributed by atoms with Crippen molar-refractivity contribution in [3.05, 3.63) is 36.2 Å². The van der Waals surface area contributed by atoms with Gasteiger partial charge in [0.2, 0.25) is 5.95 Å². The van der Waals surface area contributed by atoms with Crippen LogP contribution in [0.4, 0.5) is 20.5 Å². The number of halogens is 2. The number of rotatable bonds is 9. The minimum atomic E-state index is -2.74. The van der Waals surface area contributed by atoms with E-state index in [1.165, 1.54) is 36.8 Å². The van der Waals surface area contributed by atoms with Gasteiger partial charge in [-0.05, 0) is 63.1 Å². The molecule has 3 aliphatic rings. The molecule has 3 fully saturated rings. The molecule has 2 saturated heterocycles. The van der Waals surface area contributed by atoms with Gasteiger partial charge in [0.1, 0.15) is 11.6 Å². The van der Waals surface area contributed by atoms with Crippen LogP contribution in [-0.4, -0.2) is 89.6 Å². The van der Waals surface area contributed by atoms with E-state index in [1.807, 2.05) is 6.07 Å². The van der Waals surface area contributed by atoms with Crippen molar-refractivity contribution in [1.82, 2.24) is 24.4 Å². The quantitative estimate of drug-likeness (QED) is 0.408. The summed E-state index contributed by atoms with van der Waals surface area (Å²) < 4.78 is 40.7. The predicted octanol–water partition coefficient (Wildman–Crippen LogP) is 4.67. The highest BCUT2D eigenvalue weighted by atomic mass is 19.3. The van der Waals surface area contributed by atoms with Crippen LogP contribution in [0, 0.1) is 5.92 Å². The highest BCUT2D eigenvalue weighted by Crippen LogP contribution is 2.33. The van der Waals surface area contributed by atoms with Gasteiger partial charge in [0.05, 0.1) is 30.9 Å². The zero-order chi connectivity index (χ0) is 27.5. The normalized spacial score (nSPS) is 24.3. The van der Waals surface area contributed by atoms with Gasteiger partial charge in [-0.3, -0.25) is 9.47 Å². The van der Waals surface area contributed by atoms with Crippen LogP contribution < -0.4 is 10.2 Å². The second-order valence-electron chi connectivity index (χ2n) is 11.1. The molecule has 216 valence electrons. The number of alkyl halides is 2. The second-order valence-corrected chi connectivity index (χ2v) is 11.1. The SMILES string of the molecule is COC[C@@H]1CCCN1C1CCC(CNc2nc(N3CCOCC3)cc(-n3c(C(F)F)nc4ccccc43)n2)CC1. The van der Waals surface area contributed by atoms with Gasteiger partial charge < -0.3 is 19.7 Å². The third kappa shape index (κ3) is 5.77. The number of nitrogens with one attached hydrogen (secondary N) is 1. The summed E-state index contributed by atoms with van der Waals surface area (Å²) in [6.45, 7) is 5.33. The molecule has 2 aromatic heterocycles. The zero-order valence-corrected chi connectivity index (χ0v) is 23.1. The number of likely N-dealkylation sites (tertiary alicyclic amines) is 1. The molecule has 6 rings (SSSR count). The number of anilines is 2. The number of ether oxygens (including phenoxy) is 2. The van der Waals surface area contributed by atoms with E-state index in [0.717, 1.165) is 26.0 Å². The molecule has 1 atom stereocenters. The first-order valence-electron chi connectivity index (χ1n) is 14.6. The van der Waals surface area contributed by atoms with Crippen molar-refractivity contribution in [2.75, 3.05) is 63.3 Å². The minimum Gasteiger partial charge on any atom is -0.383 e. The maximum Gasteiger partial charge on any atom is 0.296 e. The Morgan fingerprint density at radius 1 is 1.00 bits per heavy atom. The van der Waals surface area contributed by atoms with Crippen molar-refractivity contribution in [1.29, 1.82) is 0 Å². The molecule has 0 radical (unpaired) electrons. The summed E-state index contributed by atoms with van der Waals surface area (Å²) in [4.78, 5) is 18.6. The number of hydrogen-bond donors (Lipinski definition) is 1. The van der Waals surface area contributed by atoms with Gasteiger partial charge in [-0.25, -0.2) is 13.8 Å². The monoisotopic (exact) mass is 555 g/mol. The van der Waals surface area contributed by atoms with E-state index in [9.17, 15) is 8.78 Å². The highest BCUT2D eigenvalue weighted by molar-refractivity contribution is 5.78. The fourth-order valence-electron chi connectivity index (χ4n) is 6.63. The van der Waals surface area contributed by atoms with Crippen LogP contribution in [0.2, 0.25) is 0 Å². The molecular formula is C29H39F2N7O2. The first-order chi connectivity index (χ1) is 19.6. The van der Waals surface area contributed by atoms with Crippen molar-refractivity contribution >= 4 is 22.8 Å². The number of aromatic nitrogens is 4. The fourth-order valence-corrected chi connectivity index (χ4v) is 6.63. The fraction of sp³-hybridized carbons (Fsp3) is 0.621. The van der Waals surface area contributed by atoms with Crippen LogP contribution in [0.15, 0.2) is 30.3 Å². The van der Waals surface area contributed by atoms with E-state index < -0.39 is 6.43 Å². The summed E-state index contributed by atoms with van der Waals surface area (Å²) in [5.74, 6) is 1.76. The van der Waals surface area contributed by atoms with Gasteiger partial charge in [0.15, 0.2) is 5.82 Å². The average Bonchev–Trinajstić information content (AvgIpc) is 3.62. The summed E-state index contributed by atoms with van der Waals surface area (Å²) in [6, 6.07) is 10.1. The average molecular weight is 556 g/mol. The van der Waals surface area contributed by atoms with E-state index in [-0.39, 0.29) is 5.82 Å². The van der Waals surface area contributed by atoms with Crippen LogP contribution in [0.25, 0.3) is 16.9 Å². The van der Waals surface area contributed by atoms with E-state index in [1.54, 1.807) is 31.4 Å². The van der Waals surface area contributed by atoms with Gasteiger partial charge >= 0.3 is 0 Å². The van der Waals surface area contributed by atoms with E-state index in [2.05, 4.69) is 20.1 Å². The third-order valence-electron chi connectivity index (χ3n) is 8.66. The summed E-state index contributed by atoms with van der Waals surface area (Å²) in [6.07, 6.45) is 4.41. The highest BCUT2D eigenvalue weighted by Gasteiger charge is 2.33. The van der Waals surface area contributed by atoms with E-state index >= 15 is 0 Å². The van der Waals surface area contributed by atoms with Crippen LogP contribution >= 0.6 is 0 Å². The van der Waals surface area contributed by atoms with Gasteiger partial charge in [-0.15, -0.1) is 0 Å². The number of nitrogens with zero attached hydrogens (tertiary/aromatic N) is 6.